The first-order valence-electron chi connectivity index (χ1n) is 5.85. The van der Waals surface area contributed by atoms with Crippen molar-refractivity contribution < 1.29 is 9.18 Å². The molecule has 0 radical (unpaired) electrons. The molecule has 0 fully saturated rings. The van der Waals surface area contributed by atoms with Gasteiger partial charge in [-0.2, -0.15) is 0 Å². The maximum atomic E-state index is 13.0. The number of halogens is 1. The maximum absolute atomic E-state index is 13.0. The second-order valence-electron chi connectivity index (χ2n) is 4.04. The van der Waals surface area contributed by atoms with Crippen LogP contribution in [0.2, 0.25) is 0 Å². The third-order valence-electron chi connectivity index (χ3n) is 2.60. The number of nitrogens with two attached hydrogens (primary N) is 1. The Bertz CT molecular complexity index is 387. The summed E-state index contributed by atoms with van der Waals surface area (Å²) in [6, 6.07) is 4.22. The molecular formula is C13H19FN2O. The van der Waals surface area contributed by atoms with Crippen LogP contribution in [-0.4, -0.2) is 30.4 Å². The molecule has 17 heavy (non-hydrogen) atoms. The van der Waals surface area contributed by atoms with Crippen LogP contribution in [0.5, 0.6) is 0 Å². The van der Waals surface area contributed by atoms with Gasteiger partial charge in [0.25, 0.3) is 5.91 Å². The molecule has 1 amide bonds. The Morgan fingerprint density at radius 3 is 2.65 bits per heavy atom. The Morgan fingerprint density at radius 2 is 2.12 bits per heavy atom. The number of amides is 1. The molecular weight excluding hydrogens is 219 g/mol. The summed E-state index contributed by atoms with van der Waals surface area (Å²) in [6.07, 6.45) is 0.881. The molecule has 0 saturated carbocycles. The highest BCUT2D eigenvalue weighted by Gasteiger charge is 2.16. The van der Waals surface area contributed by atoms with Gasteiger partial charge < -0.3 is 10.6 Å². The Balaban J connectivity index is 2.92. The van der Waals surface area contributed by atoms with Crippen LogP contribution < -0.4 is 5.73 Å². The third-order valence-corrected chi connectivity index (χ3v) is 2.60. The molecule has 0 saturated heterocycles. The number of hydrogen-bond donors (Lipinski definition) is 1. The Kier molecular flexibility index (Phi) is 5.10. The molecule has 0 aromatic heterocycles. The Hall–Kier alpha value is -1.42. The van der Waals surface area contributed by atoms with E-state index in [0.29, 0.717) is 30.8 Å². The molecule has 0 heterocycles. The van der Waals surface area contributed by atoms with Crippen LogP contribution in [-0.2, 0) is 0 Å². The van der Waals surface area contributed by atoms with Crippen molar-refractivity contribution in [3.63, 3.8) is 0 Å². The fourth-order valence-electron chi connectivity index (χ4n) is 1.78. The largest absolute Gasteiger partial charge is 0.337 e. The van der Waals surface area contributed by atoms with E-state index < -0.39 is 0 Å². The van der Waals surface area contributed by atoms with Gasteiger partial charge in [0.15, 0.2) is 0 Å². The zero-order valence-corrected chi connectivity index (χ0v) is 10.4. The first kappa shape index (κ1) is 13.6. The van der Waals surface area contributed by atoms with Gasteiger partial charge in [0, 0.05) is 25.2 Å². The average Bonchev–Trinajstić information content (AvgIpc) is 2.28. The van der Waals surface area contributed by atoms with E-state index in [2.05, 4.69) is 0 Å². The minimum atomic E-state index is -0.320. The third kappa shape index (κ3) is 3.53. The van der Waals surface area contributed by atoms with Crippen molar-refractivity contribution >= 4 is 5.91 Å². The van der Waals surface area contributed by atoms with Crippen molar-refractivity contribution in [2.24, 2.45) is 5.73 Å². The highest BCUT2D eigenvalue weighted by molar-refractivity contribution is 5.95. The van der Waals surface area contributed by atoms with E-state index in [0.717, 1.165) is 6.42 Å². The number of carbonyl (C=O) groups is 1. The van der Waals surface area contributed by atoms with Crippen LogP contribution in [0.1, 0.15) is 29.3 Å². The minimum absolute atomic E-state index is 0.0743. The molecule has 0 bridgehead atoms. The van der Waals surface area contributed by atoms with Crippen molar-refractivity contribution in [3.05, 3.63) is 35.1 Å². The van der Waals surface area contributed by atoms with E-state index >= 15 is 0 Å². The van der Waals surface area contributed by atoms with Gasteiger partial charge in [-0.15, -0.1) is 0 Å². The van der Waals surface area contributed by atoms with Crippen molar-refractivity contribution in [3.8, 4) is 0 Å². The summed E-state index contributed by atoms with van der Waals surface area (Å²) >= 11 is 0. The summed E-state index contributed by atoms with van der Waals surface area (Å²) in [5.41, 5.74) is 6.69. The van der Waals surface area contributed by atoms with Gasteiger partial charge in [0.1, 0.15) is 5.82 Å². The fraction of sp³-hybridized carbons (Fsp3) is 0.462. The van der Waals surface area contributed by atoms with Gasteiger partial charge >= 0.3 is 0 Å². The second kappa shape index (κ2) is 6.35. The number of rotatable bonds is 5. The number of hydrogen-bond acceptors (Lipinski definition) is 2. The van der Waals surface area contributed by atoms with Gasteiger partial charge in [-0.1, -0.05) is 6.92 Å². The zero-order valence-electron chi connectivity index (χ0n) is 10.4. The average molecular weight is 238 g/mol. The molecule has 1 aromatic carbocycles. The lowest BCUT2D eigenvalue weighted by molar-refractivity contribution is 0.0759. The Labute approximate surface area is 101 Å². The summed E-state index contributed by atoms with van der Waals surface area (Å²) in [6.45, 7) is 5.39. The molecule has 0 unspecified atom stereocenters. The normalized spacial score (nSPS) is 10.4. The summed E-state index contributed by atoms with van der Waals surface area (Å²) in [5, 5.41) is 0. The van der Waals surface area contributed by atoms with Crippen LogP contribution in [0.25, 0.3) is 0 Å². The predicted molar refractivity (Wildman–Crippen MR) is 66.4 cm³/mol. The number of aryl methyl sites for hydroxylation is 1. The quantitative estimate of drug-likeness (QED) is 0.852. The molecule has 1 aromatic rings. The van der Waals surface area contributed by atoms with Crippen LogP contribution in [0, 0.1) is 12.7 Å². The SMILES string of the molecule is CCCN(CCN)C(=O)c1ccc(F)cc1C. The number of nitrogens with zero attached hydrogens (tertiary/aromatic N) is 1. The van der Waals surface area contributed by atoms with Crippen molar-refractivity contribution in [2.75, 3.05) is 19.6 Å². The molecule has 0 aliphatic carbocycles. The molecule has 1 rings (SSSR count). The zero-order chi connectivity index (χ0) is 12.8. The fourth-order valence-corrected chi connectivity index (χ4v) is 1.78. The highest BCUT2D eigenvalue weighted by Crippen LogP contribution is 2.13. The predicted octanol–water partition coefficient (Wildman–Crippen LogP) is 1.95. The Morgan fingerprint density at radius 1 is 1.41 bits per heavy atom. The number of carbonyl (C=O) groups excluding carboxylic acids is 1. The molecule has 0 aliphatic heterocycles. The number of benzene rings is 1. The molecule has 0 spiro atoms. The first-order valence-corrected chi connectivity index (χ1v) is 5.85. The lowest BCUT2D eigenvalue weighted by atomic mass is 10.1. The molecule has 3 nitrogen and oxygen atoms in total. The summed E-state index contributed by atoms with van der Waals surface area (Å²) in [7, 11) is 0. The van der Waals surface area contributed by atoms with Crippen LogP contribution in [0.4, 0.5) is 4.39 Å². The van der Waals surface area contributed by atoms with Gasteiger partial charge in [-0.05, 0) is 37.1 Å². The van der Waals surface area contributed by atoms with E-state index in [4.69, 9.17) is 5.73 Å². The van der Waals surface area contributed by atoms with E-state index in [1.165, 1.54) is 18.2 Å². The summed E-state index contributed by atoms with van der Waals surface area (Å²) in [4.78, 5) is 13.9. The van der Waals surface area contributed by atoms with Crippen LogP contribution >= 0.6 is 0 Å². The first-order chi connectivity index (χ1) is 8.10. The van der Waals surface area contributed by atoms with Crippen molar-refractivity contribution in [2.45, 2.75) is 20.3 Å². The van der Waals surface area contributed by atoms with Gasteiger partial charge in [0.05, 0.1) is 0 Å². The van der Waals surface area contributed by atoms with Gasteiger partial charge in [-0.3, -0.25) is 4.79 Å². The summed E-state index contributed by atoms with van der Waals surface area (Å²) in [5.74, 6) is -0.394. The monoisotopic (exact) mass is 238 g/mol. The van der Waals surface area contributed by atoms with E-state index in [1.807, 2.05) is 6.92 Å². The van der Waals surface area contributed by atoms with Crippen LogP contribution in [0.3, 0.4) is 0 Å². The molecule has 0 aliphatic rings. The van der Waals surface area contributed by atoms with Crippen molar-refractivity contribution in [1.29, 1.82) is 0 Å². The lowest BCUT2D eigenvalue weighted by Gasteiger charge is -2.22. The minimum Gasteiger partial charge on any atom is -0.337 e. The van der Waals surface area contributed by atoms with Crippen LogP contribution in [0.15, 0.2) is 18.2 Å². The smallest absolute Gasteiger partial charge is 0.254 e. The molecule has 0 atom stereocenters. The second-order valence-corrected chi connectivity index (χ2v) is 4.04. The van der Waals surface area contributed by atoms with E-state index in [1.54, 1.807) is 11.8 Å². The molecule has 4 heteroatoms. The molecule has 2 N–H and O–H groups in total. The summed E-state index contributed by atoms with van der Waals surface area (Å²) < 4.78 is 13.0. The van der Waals surface area contributed by atoms with Gasteiger partial charge in [-0.25, -0.2) is 4.39 Å². The maximum Gasteiger partial charge on any atom is 0.254 e. The highest BCUT2D eigenvalue weighted by atomic mass is 19.1. The standard InChI is InChI=1S/C13H19FN2O/c1-3-7-16(8-6-15)13(17)12-5-4-11(14)9-10(12)2/h4-5,9H,3,6-8,15H2,1-2H3. The van der Waals surface area contributed by atoms with Crippen molar-refractivity contribution in [1.82, 2.24) is 4.90 Å². The van der Waals surface area contributed by atoms with Gasteiger partial charge in [0.2, 0.25) is 0 Å². The van der Waals surface area contributed by atoms with E-state index in [9.17, 15) is 9.18 Å². The van der Waals surface area contributed by atoms with E-state index in [-0.39, 0.29) is 11.7 Å². The lowest BCUT2D eigenvalue weighted by Crippen LogP contribution is -2.36. The topological polar surface area (TPSA) is 46.3 Å². The molecule has 94 valence electrons.